The van der Waals surface area contributed by atoms with Crippen molar-refractivity contribution in [3.05, 3.63) is 66.0 Å². The summed E-state index contributed by atoms with van der Waals surface area (Å²) in [6.07, 6.45) is 2.97. The third-order valence-electron chi connectivity index (χ3n) is 6.02. The van der Waals surface area contributed by atoms with Gasteiger partial charge in [0.05, 0.1) is 18.0 Å². The lowest BCUT2D eigenvalue weighted by Gasteiger charge is -2.30. The van der Waals surface area contributed by atoms with Crippen molar-refractivity contribution >= 4 is 40.5 Å². The van der Waals surface area contributed by atoms with Crippen LogP contribution in [0.2, 0.25) is 0 Å². The van der Waals surface area contributed by atoms with Gasteiger partial charge in [-0.2, -0.15) is 11.8 Å². The van der Waals surface area contributed by atoms with Gasteiger partial charge in [-0.1, -0.05) is 36.4 Å². The Bertz CT molecular complexity index is 1190. The number of carbonyl (C=O) groups is 1. The minimum absolute atomic E-state index is 0.0272. The molecule has 0 bridgehead atoms. The molecule has 0 unspecified atom stereocenters. The van der Waals surface area contributed by atoms with Gasteiger partial charge in [-0.15, -0.1) is 0 Å². The van der Waals surface area contributed by atoms with Gasteiger partial charge in [-0.3, -0.25) is 4.79 Å². The van der Waals surface area contributed by atoms with Gasteiger partial charge in [-0.05, 0) is 29.8 Å². The normalized spacial score (nSPS) is 21.5. The summed E-state index contributed by atoms with van der Waals surface area (Å²) in [5, 5.41) is 11.0. The number of esters is 1. The number of thioether (sulfide) groups is 1. The van der Waals surface area contributed by atoms with Crippen molar-refractivity contribution in [2.75, 3.05) is 29.5 Å². The van der Waals surface area contributed by atoms with Crippen LogP contribution in [0.3, 0.4) is 0 Å². The Morgan fingerprint density at radius 1 is 1.12 bits per heavy atom. The van der Waals surface area contributed by atoms with Crippen molar-refractivity contribution in [2.45, 2.75) is 25.0 Å². The number of rotatable bonds is 4. The van der Waals surface area contributed by atoms with E-state index in [1.165, 1.54) is 12.1 Å². The summed E-state index contributed by atoms with van der Waals surface area (Å²) >= 11 is 1.93. The number of hydrogen-bond acceptors (Lipinski definition) is 6. The summed E-state index contributed by atoms with van der Waals surface area (Å²) in [7, 11) is 0. The molecule has 1 aromatic heterocycles. The molecule has 0 saturated carbocycles. The number of hydrogen-bond donors (Lipinski definition) is 1. The minimum atomic E-state index is -0.703. The summed E-state index contributed by atoms with van der Waals surface area (Å²) < 4.78 is 19.2. The molecule has 2 atom stereocenters. The molecule has 2 aliphatic heterocycles. The van der Waals surface area contributed by atoms with E-state index < -0.39 is 18.2 Å². The van der Waals surface area contributed by atoms with Gasteiger partial charge in [-0.25, -0.2) is 9.37 Å². The van der Waals surface area contributed by atoms with Crippen LogP contribution in [0, 0.1) is 5.82 Å². The maximum Gasteiger partial charge on any atom is 0.309 e. The largest absolute Gasteiger partial charge is 0.458 e. The number of para-hydroxylation sites is 1. The molecule has 3 heterocycles. The van der Waals surface area contributed by atoms with E-state index in [2.05, 4.69) is 4.90 Å². The van der Waals surface area contributed by atoms with Crippen LogP contribution in [0.4, 0.5) is 10.2 Å². The summed E-state index contributed by atoms with van der Waals surface area (Å²) in [6.45, 7) is 1.77. The van der Waals surface area contributed by atoms with E-state index in [4.69, 9.17) is 9.72 Å². The molecule has 7 heteroatoms. The van der Waals surface area contributed by atoms with Crippen molar-refractivity contribution in [3.63, 3.8) is 0 Å². The Hall–Kier alpha value is -2.90. The van der Waals surface area contributed by atoms with Crippen LogP contribution < -0.4 is 4.90 Å². The molecule has 33 heavy (non-hydrogen) atoms. The predicted molar refractivity (Wildman–Crippen MR) is 131 cm³/mol. The monoisotopic (exact) mass is 464 g/mol. The molecular formula is C26H25FN2O3S. The second kappa shape index (κ2) is 9.53. The molecule has 2 fully saturated rings. The van der Waals surface area contributed by atoms with E-state index in [0.717, 1.165) is 58.0 Å². The van der Waals surface area contributed by atoms with E-state index in [0.29, 0.717) is 6.42 Å². The summed E-state index contributed by atoms with van der Waals surface area (Å²) in [5.74, 6) is 2.23. The van der Waals surface area contributed by atoms with Gasteiger partial charge < -0.3 is 14.7 Å². The average molecular weight is 465 g/mol. The Labute approximate surface area is 196 Å². The number of cyclic esters (lactones) is 1. The van der Waals surface area contributed by atoms with Crippen LogP contribution in [0.15, 0.2) is 54.6 Å². The highest BCUT2D eigenvalue weighted by atomic mass is 32.2. The van der Waals surface area contributed by atoms with E-state index in [1.807, 2.05) is 48.2 Å². The first kappa shape index (κ1) is 21.9. The minimum Gasteiger partial charge on any atom is -0.458 e. The van der Waals surface area contributed by atoms with E-state index in [1.54, 1.807) is 12.1 Å². The lowest BCUT2D eigenvalue weighted by molar-refractivity contribution is -0.156. The van der Waals surface area contributed by atoms with Crippen LogP contribution in [-0.2, 0) is 9.53 Å². The number of nitrogens with zero attached hydrogens (tertiary/aromatic N) is 2. The second-order valence-corrected chi connectivity index (χ2v) is 9.55. The number of ether oxygens (including phenoxy) is 1. The molecule has 5 nitrogen and oxygen atoms in total. The van der Waals surface area contributed by atoms with Crippen molar-refractivity contribution in [1.29, 1.82) is 0 Å². The standard InChI is InChI=1S/C26H25FN2O3S/c27-18-7-5-17(6-8-18)25-21-3-1-2-4-23(21)28-26(29-11-13-33-14-12-29)22(25)10-9-20-15-19(30)16-24(31)32-20/h1-10,19-20,30H,11-16H2/t19-,20-/m0/s1. The maximum absolute atomic E-state index is 13.7. The molecular weight excluding hydrogens is 439 g/mol. The molecule has 0 aliphatic carbocycles. The zero-order valence-corrected chi connectivity index (χ0v) is 18.9. The predicted octanol–water partition coefficient (Wildman–Crippen LogP) is 4.67. The fourth-order valence-electron chi connectivity index (χ4n) is 4.45. The molecule has 2 saturated heterocycles. The zero-order chi connectivity index (χ0) is 22.8. The number of carbonyl (C=O) groups excluding carboxylic acids is 1. The summed E-state index contributed by atoms with van der Waals surface area (Å²) in [6, 6.07) is 14.5. The number of anilines is 1. The number of aliphatic hydroxyl groups is 1. The van der Waals surface area contributed by atoms with Crippen LogP contribution in [0.5, 0.6) is 0 Å². The number of aliphatic hydroxyl groups excluding tert-OH is 1. The summed E-state index contributed by atoms with van der Waals surface area (Å²) in [4.78, 5) is 19.1. The van der Waals surface area contributed by atoms with Crippen LogP contribution >= 0.6 is 11.8 Å². The quantitative estimate of drug-likeness (QED) is 0.566. The van der Waals surface area contributed by atoms with E-state index in [-0.39, 0.29) is 12.2 Å². The molecule has 2 aromatic carbocycles. The van der Waals surface area contributed by atoms with Crippen molar-refractivity contribution in [2.24, 2.45) is 0 Å². The number of benzene rings is 2. The topological polar surface area (TPSA) is 62.7 Å². The molecule has 0 amide bonds. The Balaban J connectivity index is 1.69. The first-order chi connectivity index (χ1) is 16.1. The van der Waals surface area contributed by atoms with E-state index >= 15 is 0 Å². The van der Waals surface area contributed by atoms with Crippen LogP contribution in [0.25, 0.3) is 28.1 Å². The third kappa shape index (κ3) is 4.75. The highest BCUT2D eigenvalue weighted by Crippen LogP contribution is 2.38. The molecule has 5 rings (SSSR count). The fraction of sp³-hybridized carbons (Fsp3) is 0.308. The van der Waals surface area contributed by atoms with Crippen molar-refractivity contribution in [3.8, 4) is 11.1 Å². The number of fused-ring (bicyclic) bond motifs is 1. The maximum atomic E-state index is 13.7. The van der Waals surface area contributed by atoms with Crippen LogP contribution in [0.1, 0.15) is 18.4 Å². The SMILES string of the molecule is O=C1C[C@@H](O)C[C@H](C=Cc2c(N3CCSCC3)nc3ccccc3c2-c2ccc(F)cc2)O1. The van der Waals surface area contributed by atoms with Crippen molar-refractivity contribution in [1.82, 2.24) is 4.98 Å². The first-order valence-corrected chi connectivity index (χ1v) is 12.3. The molecule has 0 spiro atoms. The summed E-state index contributed by atoms with van der Waals surface area (Å²) in [5.41, 5.74) is 3.64. The Kier molecular flexibility index (Phi) is 6.33. The van der Waals surface area contributed by atoms with Crippen molar-refractivity contribution < 1.29 is 19.0 Å². The Morgan fingerprint density at radius 2 is 1.88 bits per heavy atom. The van der Waals surface area contributed by atoms with E-state index in [9.17, 15) is 14.3 Å². The van der Waals surface area contributed by atoms with Gasteiger partial charge in [0, 0.05) is 47.5 Å². The van der Waals surface area contributed by atoms with Gasteiger partial charge in [0.1, 0.15) is 17.7 Å². The Morgan fingerprint density at radius 3 is 2.64 bits per heavy atom. The van der Waals surface area contributed by atoms with Gasteiger partial charge in [0.25, 0.3) is 0 Å². The molecule has 1 N–H and O–H groups in total. The van der Waals surface area contributed by atoms with Gasteiger partial charge >= 0.3 is 5.97 Å². The zero-order valence-electron chi connectivity index (χ0n) is 18.1. The number of aromatic nitrogens is 1. The van der Waals surface area contributed by atoms with Gasteiger partial charge in [0.15, 0.2) is 0 Å². The second-order valence-electron chi connectivity index (χ2n) is 8.33. The lowest BCUT2D eigenvalue weighted by atomic mass is 9.94. The molecule has 3 aromatic rings. The lowest BCUT2D eigenvalue weighted by Crippen LogP contribution is -2.34. The third-order valence-corrected chi connectivity index (χ3v) is 6.96. The first-order valence-electron chi connectivity index (χ1n) is 11.2. The van der Waals surface area contributed by atoms with Gasteiger partial charge in [0.2, 0.25) is 0 Å². The highest BCUT2D eigenvalue weighted by Gasteiger charge is 2.26. The fourth-order valence-corrected chi connectivity index (χ4v) is 5.35. The van der Waals surface area contributed by atoms with Crippen LogP contribution in [-0.4, -0.2) is 52.9 Å². The average Bonchev–Trinajstić information content (AvgIpc) is 2.82. The smallest absolute Gasteiger partial charge is 0.309 e. The molecule has 170 valence electrons. The molecule has 2 aliphatic rings. The highest BCUT2D eigenvalue weighted by molar-refractivity contribution is 7.99. The number of pyridine rings is 1. The number of halogens is 1. The molecule has 0 radical (unpaired) electrons.